The number of aliphatic hydroxyl groups is 1. The molecule has 0 radical (unpaired) electrons. The van der Waals surface area contributed by atoms with E-state index in [1.165, 1.54) is 25.7 Å². The van der Waals surface area contributed by atoms with Crippen LogP contribution >= 0.6 is 0 Å². The van der Waals surface area contributed by atoms with Gasteiger partial charge in [-0.2, -0.15) is 0 Å². The number of rotatable bonds is 13. The number of methoxy groups -OCH3 is 1. The van der Waals surface area contributed by atoms with Gasteiger partial charge in [0.05, 0.1) is 17.3 Å². The lowest BCUT2D eigenvalue weighted by Crippen LogP contribution is -2.23. The molecule has 0 amide bonds. The van der Waals surface area contributed by atoms with Crippen molar-refractivity contribution in [2.45, 2.75) is 74.9 Å². The molecule has 0 heterocycles. The molecule has 1 aromatic rings. The number of hydrogen-bond donors (Lipinski definition) is 1. The smallest absolute Gasteiger partial charge is 0.181 e. The molecule has 4 nitrogen and oxygen atoms in total. The summed E-state index contributed by atoms with van der Waals surface area (Å²) in [4.78, 5) is 0.310. The molecule has 5 heteroatoms. The minimum absolute atomic E-state index is 0.101. The molecule has 0 aliphatic heterocycles. The summed E-state index contributed by atoms with van der Waals surface area (Å²) in [7, 11) is -1.85. The van der Waals surface area contributed by atoms with Crippen LogP contribution in [0.25, 0.3) is 0 Å². The van der Waals surface area contributed by atoms with Crippen molar-refractivity contribution in [3.8, 4) is 5.75 Å². The first-order valence-electron chi connectivity index (χ1n) is 9.05. The Morgan fingerprint density at radius 3 is 2.08 bits per heavy atom. The molecule has 0 bridgehead atoms. The maximum absolute atomic E-state index is 12.8. The van der Waals surface area contributed by atoms with Crippen molar-refractivity contribution in [1.29, 1.82) is 0 Å². The van der Waals surface area contributed by atoms with E-state index in [1.54, 1.807) is 31.4 Å². The number of sulfone groups is 1. The van der Waals surface area contributed by atoms with Gasteiger partial charge in [-0.3, -0.25) is 0 Å². The van der Waals surface area contributed by atoms with E-state index in [2.05, 4.69) is 6.92 Å². The van der Waals surface area contributed by atoms with E-state index in [-0.39, 0.29) is 6.61 Å². The van der Waals surface area contributed by atoms with Crippen LogP contribution in [0.5, 0.6) is 5.75 Å². The van der Waals surface area contributed by atoms with Gasteiger partial charge in [-0.15, -0.1) is 0 Å². The summed E-state index contributed by atoms with van der Waals surface area (Å²) in [6, 6.07) is 6.50. The van der Waals surface area contributed by atoms with Crippen molar-refractivity contribution in [3.05, 3.63) is 24.3 Å². The van der Waals surface area contributed by atoms with Crippen LogP contribution in [0.3, 0.4) is 0 Å². The fourth-order valence-corrected chi connectivity index (χ4v) is 4.68. The average Bonchev–Trinajstić information content (AvgIpc) is 2.60. The summed E-state index contributed by atoms with van der Waals surface area (Å²) in [5.41, 5.74) is 0. The number of unbranched alkanes of at least 4 members (excludes halogenated alkanes) is 6. The summed E-state index contributed by atoms with van der Waals surface area (Å²) in [6.07, 6.45) is 9.03. The third-order valence-electron chi connectivity index (χ3n) is 4.41. The van der Waals surface area contributed by atoms with Crippen molar-refractivity contribution in [2.24, 2.45) is 0 Å². The lowest BCUT2D eigenvalue weighted by Gasteiger charge is -2.17. The Kier molecular flexibility index (Phi) is 10.0. The molecule has 138 valence electrons. The summed E-state index contributed by atoms with van der Waals surface area (Å²) >= 11 is 0. The first-order chi connectivity index (χ1) is 11.6. The number of aliphatic hydroxyl groups excluding tert-OH is 1. The average molecular weight is 357 g/mol. The number of ether oxygens (including phenoxy) is 1. The van der Waals surface area contributed by atoms with Crippen molar-refractivity contribution in [1.82, 2.24) is 0 Å². The molecule has 0 saturated carbocycles. The lowest BCUT2D eigenvalue weighted by atomic mass is 10.1. The molecule has 0 aromatic heterocycles. The molecule has 0 aliphatic rings. The molecule has 24 heavy (non-hydrogen) atoms. The third kappa shape index (κ3) is 6.81. The fourth-order valence-electron chi connectivity index (χ4n) is 2.89. The van der Waals surface area contributed by atoms with Crippen LogP contribution in [0.1, 0.15) is 64.7 Å². The predicted molar refractivity (Wildman–Crippen MR) is 98.3 cm³/mol. The van der Waals surface area contributed by atoms with E-state index in [9.17, 15) is 13.5 Å². The van der Waals surface area contributed by atoms with Gasteiger partial charge in [0, 0.05) is 6.61 Å². The Hall–Kier alpha value is -1.07. The highest BCUT2D eigenvalue weighted by molar-refractivity contribution is 7.92. The van der Waals surface area contributed by atoms with Gasteiger partial charge < -0.3 is 9.84 Å². The van der Waals surface area contributed by atoms with Gasteiger partial charge in [0.2, 0.25) is 0 Å². The van der Waals surface area contributed by atoms with Gasteiger partial charge in [-0.05, 0) is 37.1 Å². The van der Waals surface area contributed by atoms with Crippen LogP contribution in [0.4, 0.5) is 0 Å². The minimum Gasteiger partial charge on any atom is -0.497 e. The molecule has 0 fully saturated rings. The molecule has 1 N–H and O–H groups in total. The minimum atomic E-state index is -3.41. The fraction of sp³-hybridized carbons (Fsp3) is 0.684. The summed E-state index contributed by atoms with van der Waals surface area (Å²) in [6.45, 7) is 2.10. The SMILES string of the molecule is CCCCCCCCCC(CCO)S(=O)(=O)c1ccc(OC)cc1. The molecular weight excluding hydrogens is 324 g/mol. The molecule has 0 aliphatic carbocycles. The first kappa shape index (κ1) is 21.0. The highest BCUT2D eigenvalue weighted by atomic mass is 32.2. The van der Waals surface area contributed by atoms with Gasteiger partial charge in [-0.25, -0.2) is 8.42 Å². The predicted octanol–water partition coefficient (Wildman–Crippen LogP) is 4.36. The zero-order chi connectivity index (χ0) is 17.8. The third-order valence-corrected chi connectivity index (χ3v) is 6.69. The number of hydrogen-bond acceptors (Lipinski definition) is 4. The Morgan fingerprint density at radius 2 is 1.54 bits per heavy atom. The monoisotopic (exact) mass is 356 g/mol. The van der Waals surface area contributed by atoms with Gasteiger partial charge in [0.15, 0.2) is 9.84 Å². The topological polar surface area (TPSA) is 63.6 Å². The van der Waals surface area contributed by atoms with Crippen LogP contribution in [-0.4, -0.2) is 32.5 Å². The van der Waals surface area contributed by atoms with Crippen LogP contribution in [0, 0.1) is 0 Å². The second-order valence-electron chi connectivity index (χ2n) is 6.26. The second-order valence-corrected chi connectivity index (χ2v) is 8.49. The van der Waals surface area contributed by atoms with Gasteiger partial charge >= 0.3 is 0 Å². The highest BCUT2D eigenvalue weighted by Crippen LogP contribution is 2.25. The molecular formula is C19H32O4S. The van der Waals surface area contributed by atoms with Gasteiger partial charge in [0.25, 0.3) is 0 Å². The molecule has 0 spiro atoms. The van der Waals surface area contributed by atoms with Crippen LogP contribution < -0.4 is 4.74 Å². The first-order valence-corrected chi connectivity index (χ1v) is 10.6. The van der Waals surface area contributed by atoms with Crippen LogP contribution in [0.15, 0.2) is 29.2 Å². The Bertz CT molecular complexity index is 537. The molecule has 1 atom stereocenters. The summed E-state index contributed by atoms with van der Waals surface area (Å²) in [5.74, 6) is 0.639. The van der Waals surface area contributed by atoms with E-state index >= 15 is 0 Å². The zero-order valence-corrected chi connectivity index (χ0v) is 15.9. The van der Waals surface area contributed by atoms with E-state index in [1.807, 2.05) is 0 Å². The van der Waals surface area contributed by atoms with E-state index in [0.29, 0.717) is 23.5 Å². The summed E-state index contributed by atoms with van der Waals surface area (Å²) < 4.78 is 30.6. The molecule has 1 rings (SSSR count). The quantitative estimate of drug-likeness (QED) is 0.533. The van der Waals surface area contributed by atoms with E-state index < -0.39 is 15.1 Å². The van der Waals surface area contributed by atoms with Gasteiger partial charge in [-0.1, -0.05) is 51.9 Å². The lowest BCUT2D eigenvalue weighted by molar-refractivity contribution is 0.282. The van der Waals surface area contributed by atoms with Crippen LogP contribution in [0.2, 0.25) is 0 Å². The molecule has 0 saturated heterocycles. The summed E-state index contributed by atoms with van der Waals surface area (Å²) in [5, 5.41) is 8.74. The maximum atomic E-state index is 12.8. The van der Waals surface area contributed by atoms with Gasteiger partial charge in [0.1, 0.15) is 5.75 Å². The largest absolute Gasteiger partial charge is 0.497 e. The van der Waals surface area contributed by atoms with Crippen molar-refractivity contribution in [3.63, 3.8) is 0 Å². The Morgan fingerprint density at radius 1 is 0.958 bits per heavy atom. The van der Waals surface area contributed by atoms with Crippen molar-refractivity contribution < 1.29 is 18.3 Å². The van der Waals surface area contributed by atoms with Crippen molar-refractivity contribution in [2.75, 3.05) is 13.7 Å². The second kappa shape index (κ2) is 11.5. The van der Waals surface area contributed by atoms with E-state index in [0.717, 1.165) is 19.3 Å². The molecule has 1 unspecified atom stereocenters. The van der Waals surface area contributed by atoms with Crippen LogP contribution in [-0.2, 0) is 9.84 Å². The maximum Gasteiger partial charge on any atom is 0.181 e. The molecule has 1 aromatic carbocycles. The normalized spacial score (nSPS) is 13.0. The zero-order valence-electron chi connectivity index (χ0n) is 15.0. The Labute approximate surface area is 147 Å². The highest BCUT2D eigenvalue weighted by Gasteiger charge is 2.26. The van der Waals surface area contributed by atoms with E-state index in [4.69, 9.17) is 4.74 Å². The van der Waals surface area contributed by atoms with Crippen molar-refractivity contribution >= 4 is 9.84 Å². The standard InChI is InChI=1S/C19H32O4S/c1-3-4-5-6-7-8-9-10-18(15-16-20)24(21,22)19-13-11-17(23-2)12-14-19/h11-14,18,20H,3-10,15-16H2,1-2H3. The number of benzene rings is 1. The Balaban J connectivity index is 2.58.